The lowest BCUT2D eigenvalue weighted by Gasteiger charge is -2.06. The highest BCUT2D eigenvalue weighted by atomic mass is 16.5. The molecule has 2 heterocycles. The number of benzene rings is 2. The minimum atomic E-state index is -0.649. The largest absolute Gasteiger partial charge is 0.474 e. The van der Waals surface area contributed by atoms with Crippen LogP contribution in [0, 0.1) is 0 Å². The fraction of sp³-hybridized carbons (Fsp3) is 0.136. The van der Waals surface area contributed by atoms with Crippen molar-refractivity contribution in [1.29, 1.82) is 0 Å². The average molecular weight is 358 g/mol. The maximum atomic E-state index is 12.3. The standard InChI is InChI=1S/C22H18N2O3/c25-22(27-14-16-7-3-1-4-8-16)20-15-26-21(24-20)19-11-18(12-23-13-19)17-9-5-2-6-10-17/h1-13,20H,14-15H2/t20-/m0/s1. The lowest BCUT2D eigenvalue weighted by atomic mass is 10.1. The Bertz CT molecular complexity index is 956. The summed E-state index contributed by atoms with van der Waals surface area (Å²) in [5.41, 5.74) is 3.71. The second-order valence-corrected chi connectivity index (χ2v) is 6.18. The number of hydrogen-bond donors (Lipinski definition) is 0. The van der Waals surface area contributed by atoms with Gasteiger partial charge in [0.05, 0.1) is 5.56 Å². The maximum absolute atomic E-state index is 12.3. The third kappa shape index (κ3) is 4.03. The molecule has 27 heavy (non-hydrogen) atoms. The van der Waals surface area contributed by atoms with Gasteiger partial charge in [0.15, 0.2) is 6.04 Å². The molecule has 3 aromatic rings. The van der Waals surface area contributed by atoms with E-state index in [1.807, 2.05) is 66.7 Å². The predicted molar refractivity (Wildman–Crippen MR) is 102 cm³/mol. The van der Waals surface area contributed by atoms with Crippen LogP contribution in [0.1, 0.15) is 11.1 Å². The van der Waals surface area contributed by atoms with Crippen LogP contribution in [-0.4, -0.2) is 29.5 Å². The van der Waals surface area contributed by atoms with Crippen molar-refractivity contribution in [2.75, 3.05) is 6.61 Å². The van der Waals surface area contributed by atoms with Gasteiger partial charge in [0.1, 0.15) is 13.2 Å². The number of aliphatic imine (C=N–C) groups is 1. The third-order valence-corrected chi connectivity index (χ3v) is 4.24. The SMILES string of the molecule is O=C(OCc1ccccc1)[C@@H]1COC(c2cncc(-c3ccccc3)c2)=N1. The van der Waals surface area contributed by atoms with E-state index in [1.165, 1.54) is 0 Å². The van der Waals surface area contributed by atoms with Crippen LogP contribution in [-0.2, 0) is 20.9 Å². The van der Waals surface area contributed by atoms with Crippen LogP contribution in [0.25, 0.3) is 11.1 Å². The zero-order valence-corrected chi connectivity index (χ0v) is 14.6. The van der Waals surface area contributed by atoms with E-state index in [-0.39, 0.29) is 19.2 Å². The number of rotatable bonds is 5. The highest BCUT2D eigenvalue weighted by Gasteiger charge is 2.28. The molecule has 0 fully saturated rings. The van der Waals surface area contributed by atoms with Crippen molar-refractivity contribution >= 4 is 11.9 Å². The zero-order chi connectivity index (χ0) is 18.5. The van der Waals surface area contributed by atoms with Crippen LogP contribution in [0.5, 0.6) is 0 Å². The molecule has 1 aromatic heterocycles. The molecule has 2 aromatic carbocycles. The first-order chi connectivity index (χ1) is 13.3. The summed E-state index contributed by atoms with van der Waals surface area (Å²) in [5, 5.41) is 0. The minimum Gasteiger partial charge on any atom is -0.474 e. The molecule has 0 spiro atoms. The molecule has 134 valence electrons. The number of hydrogen-bond acceptors (Lipinski definition) is 5. The number of ether oxygens (including phenoxy) is 2. The van der Waals surface area contributed by atoms with Crippen molar-refractivity contribution in [2.45, 2.75) is 12.6 Å². The van der Waals surface area contributed by atoms with Crippen molar-refractivity contribution in [3.63, 3.8) is 0 Å². The molecule has 0 bridgehead atoms. The van der Waals surface area contributed by atoms with Crippen molar-refractivity contribution in [2.24, 2.45) is 4.99 Å². The number of esters is 1. The first-order valence-electron chi connectivity index (χ1n) is 8.71. The molecule has 1 atom stereocenters. The zero-order valence-electron chi connectivity index (χ0n) is 14.6. The van der Waals surface area contributed by atoms with Crippen molar-refractivity contribution in [3.05, 3.63) is 90.3 Å². The Kier molecular flexibility index (Phi) is 4.92. The molecule has 1 aliphatic heterocycles. The summed E-state index contributed by atoms with van der Waals surface area (Å²) in [4.78, 5) is 20.9. The van der Waals surface area contributed by atoms with Gasteiger partial charge in [-0.15, -0.1) is 0 Å². The Hall–Kier alpha value is -3.47. The molecule has 0 N–H and O–H groups in total. The number of nitrogens with zero attached hydrogens (tertiary/aromatic N) is 2. The first kappa shape index (κ1) is 17.0. The molecule has 0 radical (unpaired) electrons. The molecule has 0 unspecified atom stereocenters. The Morgan fingerprint density at radius 1 is 0.963 bits per heavy atom. The van der Waals surface area contributed by atoms with Gasteiger partial charge >= 0.3 is 5.97 Å². The Balaban J connectivity index is 1.45. The van der Waals surface area contributed by atoms with E-state index < -0.39 is 6.04 Å². The van der Waals surface area contributed by atoms with Crippen molar-refractivity contribution < 1.29 is 14.3 Å². The summed E-state index contributed by atoms with van der Waals surface area (Å²) in [7, 11) is 0. The van der Waals surface area contributed by atoms with Gasteiger partial charge < -0.3 is 9.47 Å². The third-order valence-electron chi connectivity index (χ3n) is 4.24. The van der Waals surface area contributed by atoms with Gasteiger partial charge in [0.2, 0.25) is 5.90 Å². The van der Waals surface area contributed by atoms with E-state index in [1.54, 1.807) is 12.4 Å². The second-order valence-electron chi connectivity index (χ2n) is 6.18. The molecule has 5 heteroatoms. The van der Waals surface area contributed by atoms with Gasteiger partial charge in [-0.1, -0.05) is 60.7 Å². The number of carbonyl (C=O) groups excluding carboxylic acids is 1. The summed E-state index contributed by atoms with van der Waals surface area (Å²) < 4.78 is 11.0. The fourth-order valence-corrected chi connectivity index (χ4v) is 2.82. The second kappa shape index (κ2) is 7.83. The van der Waals surface area contributed by atoms with Crippen LogP contribution in [0.4, 0.5) is 0 Å². The smallest absolute Gasteiger partial charge is 0.334 e. The quantitative estimate of drug-likeness (QED) is 0.654. The average Bonchev–Trinajstić information content (AvgIpc) is 3.24. The Morgan fingerprint density at radius 2 is 1.67 bits per heavy atom. The van der Waals surface area contributed by atoms with Crippen LogP contribution < -0.4 is 0 Å². The molecule has 4 rings (SSSR count). The fourth-order valence-electron chi connectivity index (χ4n) is 2.82. The number of carbonyl (C=O) groups is 1. The van der Waals surface area contributed by atoms with E-state index in [4.69, 9.17) is 9.47 Å². The molecule has 0 saturated heterocycles. The number of aromatic nitrogens is 1. The highest BCUT2D eigenvalue weighted by Crippen LogP contribution is 2.21. The summed E-state index contributed by atoms with van der Waals surface area (Å²) in [6.07, 6.45) is 3.48. The van der Waals surface area contributed by atoms with E-state index in [0.717, 1.165) is 22.3 Å². The Morgan fingerprint density at radius 3 is 2.44 bits per heavy atom. The van der Waals surface area contributed by atoms with Crippen LogP contribution in [0.2, 0.25) is 0 Å². The normalized spacial score (nSPS) is 15.7. The highest BCUT2D eigenvalue weighted by molar-refractivity contribution is 5.98. The van der Waals surface area contributed by atoms with Gasteiger partial charge in [-0.3, -0.25) is 4.98 Å². The van der Waals surface area contributed by atoms with Crippen molar-refractivity contribution in [3.8, 4) is 11.1 Å². The first-order valence-corrected chi connectivity index (χ1v) is 8.71. The van der Waals surface area contributed by atoms with Crippen LogP contribution >= 0.6 is 0 Å². The maximum Gasteiger partial charge on any atom is 0.334 e. The topological polar surface area (TPSA) is 60.8 Å². The van der Waals surface area contributed by atoms with Gasteiger partial charge in [0, 0.05) is 18.0 Å². The van der Waals surface area contributed by atoms with Gasteiger partial charge in [-0.05, 0) is 17.2 Å². The van der Waals surface area contributed by atoms with Crippen LogP contribution in [0.3, 0.4) is 0 Å². The molecule has 0 amide bonds. The molecule has 5 nitrogen and oxygen atoms in total. The van der Waals surface area contributed by atoms with Gasteiger partial charge in [-0.2, -0.15) is 0 Å². The van der Waals surface area contributed by atoms with Crippen LogP contribution in [0.15, 0.2) is 84.1 Å². The summed E-state index contributed by atoms with van der Waals surface area (Å²) in [6, 6.07) is 20.8. The molecule has 1 aliphatic rings. The summed E-state index contributed by atoms with van der Waals surface area (Å²) in [5.74, 6) is 0.0305. The molecule has 0 aliphatic carbocycles. The summed E-state index contributed by atoms with van der Waals surface area (Å²) >= 11 is 0. The number of pyridine rings is 1. The lowest BCUT2D eigenvalue weighted by molar-refractivity contribution is -0.146. The van der Waals surface area contributed by atoms with E-state index in [9.17, 15) is 4.79 Å². The summed E-state index contributed by atoms with van der Waals surface area (Å²) in [6.45, 7) is 0.407. The van der Waals surface area contributed by atoms with E-state index in [0.29, 0.717) is 5.90 Å². The predicted octanol–water partition coefficient (Wildman–Crippen LogP) is 3.64. The molecular formula is C22H18N2O3. The van der Waals surface area contributed by atoms with Gasteiger partial charge in [-0.25, -0.2) is 9.79 Å². The monoisotopic (exact) mass is 358 g/mol. The van der Waals surface area contributed by atoms with E-state index in [2.05, 4.69) is 9.98 Å². The van der Waals surface area contributed by atoms with Gasteiger partial charge in [0.25, 0.3) is 0 Å². The van der Waals surface area contributed by atoms with E-state index >= 15 is 0 Å². The molecule has 0 saturated carbocycles. The minimum absolute atomic E-state index is 0.179. The molecular weight excluding hydrogens is 340 g/mol. The van der Waals surface area contributed by atoms with Crippen molar-refractivity contribution in [1.82, 2.24) is 4.98 Å². The lowest BCUT2D eigenvalue weighted by Crippen LogP contribution is -2.22. The Labute approximate surface area is 157 Å².